The molecule has 0 fully saturated rings. The lowest BCUT2D eigenvalue weighted by Gasteiger charge is -2.14. The van der Waals surface area contributed by atoms with Gasteiger partial charge in [-0.05, 0) is 52.2 Å². The van der Waals surface area contributed by atoms with Crippen molar-refractivity contribution in [1.29, 1.82) is 0 Å². The maximum atomic E-state index is 13.8. The minimum absolute atomic E-state index is 0.0261. The molecular weight excluding hydrogens is 336 g/mol. The average molecular weight is 347 g/mol. The lowest BCUT2D eigenvalue weighted by molar-refractivity contribution is 0.536. The fourth-order valence-electron chi connectivity index (χ4n) is 1.83. The van der Waals surface area contributed by atoms with E-state index in [2.05, 4.69) is 15.9 Å². The molecule has 2 aromatic rings. The maximum absolute atomic E-state index is 13.8. The molecule has 0 amide bonds. The number of benzene rings is 2. The Kier molecular flexibility index (Phi) is 4.55. The molecule has 19 heavy (non-hydrogen) atoms. The molecule has 100 valence electrons. The maximum Gasteiger partial charge on any atom is 0.143 e. The molecular formula is C14H11BrClF2N. The summed E-state index contributed by atoms with van der Waals surface area (Å²) in [5.74, 6) is -1.21. The zero-order valence-corrected chi connectivity index (χ0v) is 12.2. The van der Waals surface area contributed by atoms with Crippen molar-refractivity contribution in [1.82, 2.24) is 0 Å². The second-order valence-corrected chi connectivity index (χ2v) is 5.48. The molecule has 2 N–H and O–H groups in total. The molecule has 0 bridgehead atoms. The molecule has 2 aromatic carbocycles. The van der Waals surface area contributed by atoms with Gasteiger partial charge in [-0.15, -0.1) is 0 Å². The minimum atomic E-state index is -0.613. The Bertz CT molecular complexity index is 604. The third-order valence-corrected chi connectivity index (χ3v) is 3.69. The second-order valence-electron chi connectivity index (χ2n) is 4.19. The fraction of sp³-hybridized carbons (Fsp3) is 0.143. The van der Waals surface area contributed by atoms with Gasteiger partial charge in [0, 0.05) is 16.6 Å². The van der Waals surface area contributed by atoms with Gasteiger partial charge in [-0.3, -0.25) is 0 Å². The quantitative estimate of drug-likeness (QED) is 0.806. The molecule has 0 radical (unpaired) electrons. The van der Waals surface area contributed by atoms with Crippen LogP contribution in [-0.2, 0) is 6.42 Å². The van der Waals surface area contributed by atoms with E-state index in [1.807, 2.05) is 0 Å². The average Bonchev–Trinajstić information content (AvgIpc) is 2.39. The summed E-state index contributed by atoms with van der Waals surface area (Å²) < 4.78 is 27.7. The first-order valence-corrected chi connectivity index (χ1v) is 6.79. The standard InChI is InChI=1S/C14H11BrClF2N/c15-11-4-5-12(17)10(14(11)18)7-13(19)8-2-1-3-9(16)6-8/h1-6,13H,7,19H2. The van der Waals surface area contributed by atoms with Crippen molar-refractivity contribution >= 4 is 27.5 Å². The summed E-state index contributed by atoms with van der Waals surface area (Å²) in [7, 11) is 0. The second kappa shape index (κ2) is 5.99. The third-order valence-electron chi connectivity index (χ3n) is 2.84. The number of hydrogen-bond acceptors (Lipinski definition) is 1. The highest BCUT2D eigenvalue weighted by Crippen LogP contribution is 2.26. The van der Waals surface area contributed by atoms with Crippen molar-refractivity contribution in [3.05, 3.63) is 68.7 Å². The van der Waals surface area contributed by atoms with Crippen LogP contribution < -0.4 is 5.73 Å². The van der Waals surface area contributed by atoms with Gasteiger partial charge in [0.05, 0.1) is 4.47 Å². The Hall–Kier alpha value is -0.970. The van der Waals surface area contributed by atoms with Crippen LogP contribution in [0, 0.1) is 11.6 Å². The smallest absolute Gasteiger partial charge is 0.143 e. The summed E-state index contributed by atoms with van der Waals surface area (Å²) in [4.78, 5) is 0. The first kappa shape index (κ1) is 14.4. The van der Waals surface area contributed by atoms with Gasteiger partial charge in [0.15, 0.2) is 0 Å². The van der Waals surface area contributed by atoms with Crippen LogP contribution in [-0.4, -0.2) is 0 Å². The van der Waals surface area contributed by atoms with E-state index in [1.165, 1.54) is 12.1 Å². The Morgan fingerprint density at radius 2 is 1.95 bits per heavy atom. The normalized spacial score (nSPS) is 12.5. The van der Waals surface area contributed by atoms with Crippen molar-refractivity contribution in [2.75, 3.05) is 0 Å². The van der Waals surface area contributed by atoms with Crippen LogP contribution in [0.1, 0.15) is 17.2 Å². The summed E-state index contributed by atoms with van der Waals surface area (Å²) in [5, 5.41) is 0.545. The van der Waals surface area contributed by atoms with Crippen LogP contribution in [0.3, 0.4) is 0 Å². The zero-order chi connectivity index (χ0) is 14.0. The minimum Gasteiger partial charge on any atom is -0.324 e. The van der Waals surface area contributed by atoms with Gasteiger partial charge >= 0.3 is 0 Å². The van der Waals surface area contributed by atoms with Crippen molar-refractivity contribution in [3.8, 4) is 0 Å². The highest BCUT2D eigenvalue weighted by molar-refractivity contribution is 9.10. The lowest BCUT2D eigenvalue weighted by Crippen LogP contribution is -2.15. The molecule has 5 heteroatoms. The van der Waals surface area contributed by atoms with Crippen molar-refractivity contribution in [2.45, 2.75) is 12.5 Å². The van der Waals surface area contributed by atoms with Crippen LogP contribution in [0.5, 0.6) is 0 Å². The largest absolute Gasteiger partial charge is 0.324 e. The Labute approximate surface area is 123 Å². The van der Waals surface area contributed by atoms with E-state index in [0.29, 0.717) is 5.02 Å². The summed E-state index contributed by atoms with van der Waals surface area (Å²) in [6.45, 7) is 0. The Morgan fingerprint density at radius 1 is 1.21 bits per heavy atom. The van der Waals surface area contributed by atoms with Crippen molar-refractivity contribution < 1.29 is 8.78 Å². The highest BCUT2D eigenvalue weighted by atomic mass is 79.9. The molecule has 1 unspecified atom stereocenters. The van der Waals surface area contributed by atoms with E-state index in [9.17, 15) is 8.78 Å². The first-order valence-electron chi connectivity index (χ1n) is 5.62. The molecule has 0 spiro atoms. The molecule has 0 saturated carbocycles. The summed E-state index contributed by atoms with van der Waals surface area (Å²) in [6, 6.07) is 8.98. The van der Waals surface area contributed by atoms with Gasteiger partial charge in [-0.1, -0.05) is 23.7 Å². The molecule has 0 aromatic heterocycles. The van der Waals surface area contributed by atoms with Gasteiger partial charge < -0.3 is 5.73 Å². The van der Waals surface area contributed by atoms with E-state index < -0.39 is 17.7 Å². The van der Waals surface area contributed by atoms with Gasteiger partial charge in [0.2, 0.25) is 0 Å². The molecule has 0 aliphatic carbocycles. The molecule has 1 atom stereocenters. The van der Waals surface area contributed by atoms with E-state index in [4.69, 9.17) is 17.3 Å². The zero-order valence-electron chi connectivity index (χ0n) is 9.84. The van der Waals surface area contributed by atoms with Crippen LogP contribution in [0.15, 0.2) is 40.9 Å². The van der Waals surface area contributed by atoms with Gasteiger partial charge in [-0.2, -0.15) is 0 Å². The summed E-state index contributed by atoms with van der Waals surface area (Å²) >= 11 is 8.90. The third kappa shape index (κ3) is 3.32. The lowest BCUT2D eigenvalue weighted by atomic mass is 9.99. The van der Waals surface area contributed by atoms with Gasteiger partial charge in [0.1, 0.15) is 11.6 Å². The van der Waals surface area contributed by atoms with Crippen LogP contribution in [0.4, 0.5) is 8.78 Å². The van der Waals surface area contributed by atoms with E-state index in [0.717, 1.165) is 5.56 Å². The van der Waals surface area contributed by atoms with Crippen molar-refractivity contribution in [2.24, 2.45) is 5.73 Å². The van der Waals surface area contributed by atoms with Crippen LogP contribution in [0.25, 0.3) is 0 Å². The summed E-state index contributed by atoms with van der Waals surface area (Å²) in [5.41, 5.74) is 6.69. The SMILES string of the molecule is NC(Cc1c(F)ccc(Br)c1F)c1cccc(Cl)c1. The number of nitrogens with two attached hydrogens (primary N) is 1. The molecule has 2 rings (SSSR count). The summed E-state index contributed by atoms with van der Waals surface area (Å²) in [6.07, 6.45) is 0.0669. The van der Waals surface area contributed by atoms with E-state index in [1.54, 1.807) is 24.3 Å². The molecule has 0 saturated heterocycles. The monoisotopic (exact) mass is 345 g/mol. The predicted octanol–water partition coefficient (Wildman–Crippen LogP) is 4.62. The predicted molar refractivity (Wildman–Crippen MR) is 76.1 cm³/mol. The Balaban J connectivity index is 2.29. The van der Waals surface area contributed by atoms with Crippen molar-refractivity contribution in [3.63, 3.8) is 0 Å². The highest BCUT2D eigenvalue weighted by Gasteiger charge is 2.16. The Morgan fingerprint density at radius 3 is 2.63 bits per heavy atom. The fourth-order valence-corrected chi connectivity index (χ4v) is 2.40. The van der Waals surface area contributed by atoms with Crippen LogP contribution >= 0.6 is 27.5 Å². The number of hydrogen-bond donors (Lipinski definition) is 1. The molecule has 0 aliphatic heterocycles. The van der Waals surface area contributed by atoms with E-state index in [-0.39, 0.29) is 16.5 Å². The number of halogens is 4. The first-order chi connectivity index (χ1) is 8.99. The van der Waals surface area contributed by atoms with Gasteiger partial charge in [0.25, 0.3) is 0 Å². The number of rotatable bonds is 3. The van der Waals surface area contributed by atoms with E-state index >= 15 is 0 Å². The topological polar surface area (TPSA) is 26.0 Å². The van der Waals surface area contributed by atoms with Gasteiger partial charge in [-0.25, -0.2) is 8.78 Å². The molecule has 0 heterocycles. The molecule has 0 aliphatic rings. The van der Waals surface area contributed by atoms with Crippen LogP contribution in [0.2, 0.25) is 5.02 Å². The molecule has 1 nitrogen and oxygen atoms in total.